The van der Waals surface area contributed by atoms with Crippen LogP contribution in [0.3, 0.4) is 0 Å². The zero-order chi connectivity index (χ0) is 41.0. The van der Waals surface area contributed by atoms with E-state index >= 15 is 0 Å². The molecule has 2 aromatic carbocycles. The quantitative estimate of drug-likeness (QED) is 0.200. The third-order valence-electron chi connectivity index (χ3n) is 9.57. The van der Waals surface area contributed by atoms with Gasteiger partial charge in [0.25, 0.3) is 0 Å². The summed E-state index contributed by atoms with van der Waals surface area (Å²) in [6.45, 7) is -0.122. The molecule has 0 atom stereocenters. The topological polar surface area (TPSA) is 184 Å². The number of rotatable bonds is 11. The van der Waals surface area contributed by atoms with Gasteiger partial charge in [0.1, 0.15) is 0 Å². The van der Waals surface area contributed by atoms with E-state index in [-0.39, 0.29) is 26.2 Å². The highest BCUT2D eigenvalue weighted by atomic mass is 16.8. The maximum atomic E-state index is 13.4. The molecular weight excluding hydrogens is 756 g/mol. The van der Waals surface area contributed by atoms with Gasteiger partial charge in [-0.15, -0.1) is 0 Å². The molecule has 2 aromatic heterocycles. The van der Waals surface area contributed by atoms with Crippen LogP contribution < -0.4 is 23.7 Å². The molecule has 1 saturated heterocycles. The molecule has 3 aliphatic heterocycles. The molecule has 300 valence electrons. The molecule has 1 fully saturated rings. The lowest BCUT2D eigenvalue weighted by Gasteiger charge is -2.55. The zero-order valence-corrected chi connectivity index (χ0v) is 32.1. The summed E-state index contributed by atoms with van der Waals surface area (Å²) in [5.41, 5.74) is 3.56. The fraction of sp³-hybridized carbons (Fsp3) is 0.268. The highest BCUT2D eigenvalue weighted by Crippen LogP contribution is 2.46. The van der Waals surface area contributed by atoms with Gasteiger partial charge in [-0.2, -0.15) is 0 Å². The van der Waals surface area contributed by atoms with Gasteiger partial charge in [-0.1, -0.05) is 0 Å². The largest absolute Gasteiger partial charge is 0.493 e. The summed E-state index contributed by atoms with van der Waals surface area (Å²) in [5, 5.41) is 0. The minimum Gasteiger partial charge on any atom is -0.493 e. The molecule has 3 aliphatic rings. The SMILES string of the molecule is COc1ccc(-c2cc(CN3CCN(Cc4ccnc(-c5cc(OC)c(OC)c(OC)c5)c4)C4(OC(=O)C=CC(=O)O4)C34OC(=O)C=CC(=O)O4)ccn2)cc1OC. The number of aromatic nitrogens is 2. The van der Waals surface area contributed by atoms with Gasteiger partial charge in [0.05, 0.1) is 46.9 Å². The number of carbonyl (C=O) groups is 4. The number of esters is 4. The Hall–Kier alpha value is -6.98. The van der Waals surface area contributed by atoms with Crippen LogP contribution in [0.25, 0.3) is 22.5 Å². The van der Waals surface area contributed by atoms with Gasteiger partial charge in [-0.05, 0) is 65.7 Å². The van der Waals surface area contributed by atoms with E-state index in [0.717, 1.165) is 24.3 Å². The predicted octanol–water partition coefficient (Wildman–Crippen LogP) is 3.79. The molecule has 0 radical (unpaired) electrons. The highest BCUT2D eigenvalue weighted by Gasteiger charge is 2.74. The molecule has 0 N–H and O–H groups in total. The van der Waals surface area contributed by atoms with E-state index in [1.807, 2.05) is 6.07 Å². The van der Waals surface area contributed by atoms with Crippen LogP contribution in [0.15, 0.2) is 91.3 Å². The van der Waals surface area contributed by atoms with Crippen LogP contribution in [0.2, 0.25) is 0 Å². The number of ether oxygens (including phenoxy) is 9. The second-order valence-corrected chi connectivity index (χ2v) is 12.9. The van der Waals surface area contributed by atoms with Crippen molar-refractivity contribution in [2.75, 3.05) is 48.6 Å². The lowest BCUT2D eigenvalue weighted by atomic mass is 10.0. The lowest BCUT2D eigenvalue weighted by Crippen LogP contribution is -2.80. The Balaban J connectivity index is 1.31. The van der Waals surface area contributed by atoms with E-state index in [4.69, 9.17) is 42.6 Å². The van der Waals surface area contributed by atoms with E-state index in [1.165, 1.54) is 45.3 Å². The van der Waals surface area contributed by atoms with Crippen molar-refractivity contribution >= 4 is 23.9 Å². The second-order valence-electron chi connectivity index (χ2n) is 12.9. The summed E-state index contributed by atoms with van der Waals surface area (Å²) < 4.78 is 51.3. The first-order valence-corrected chi connectivity index (χ1v) is 17.8. The number of carbonyl (C=O) groups excluding carboxylic acids is 4. The smallest absolute Gasteiger partial charge is 0.420 e. The number of methoxy groups -OCH3 is 5. The molecular formula is C41H38N4O13. The summed E-state index contributed by atoms with van der Waals surface area (Å²) in [6.07, 6.45) is 6.62. The Labute approximate surface area is 332 Å². The van der Waals surface area contributed by atoms with Gasteiger partial charge in [0.15, 0.2) is 23.0 Å². The van der Waals surface area contributed by atoms with Gasteiger partial charge in [0, 0.05) is 74.0 Å². The number of benzene rings is 2. The fourth-order valence-electron chi connectivity index (χ4n) is 6.94. The van der Waals surface area contributed by atoms with Gasteiger partial charge in [0.2, 0.25) is 5.75 Å². The van der Waals surface area contributed by atoms with Crippen LogP contribution in [0.5, 0.6) is 28.7 Å². The van der Waals surface area contributed by atoms with Gasteiger partial charge in [-0.3, -0.25) is 9.97 Å². The van der Waals surface area contributed by atoms with Gasteiger partial charge in [-0.25, -0.2) is 29.0 Å². The van der Waals surface area contributed by atoms with E-state index in [2.05, 4.69) is 9.97 Å². The Morgan fingerprint density at radius 2 is 0.931 bits per heavy atom. The van der Waals surface area contributed by atoms with Gasteiger partial charge < -0.3 is 42.6 Å². The number of fused-ring (bicyclic) bond motifs is 1. The van der Waals surface area contributed by atoms with Crippen molar-refractivity contribution < 1.29 is 61.8 Å². The Kier molecular flexibility index (Phi) is 11.0. The summed E-state index contributed by atoms with van der Waals surface area (Å²) in [5.74, 6) is -7.27. The van der Waals surface area contributed by atoms with Crippen molar-refractivity contribution in [1.29, 1.82) is 0 Å². The molecule has 17 heteroatoms. The molecule has 0 amide bonds. The Morgan fingerprint density at radius 1 is 0.517 bits per heavy atom. The van der Waals surface area contributed by atoms with Crippen molar-refractivity contribution in [1.82, 2.24) is 19.8 Å². The van der Waals surface area contributed by atoms with Crippen molar-refractivity contribution in [3.8, 4) is 51.3 Å². The standard InChI is InChI=1S/C41H38N4O13/c1-50-31-7-6-27(20-32(31)51-2)29-18-25(12-14-42-29)23-44-16-17-45(24-26-13-15-43-30(19-26)28-21-33(52-3)39(54-5)34(22-28)53-4)41(57-37(48)10-11-38(49)58-41)40(44)55-35(46)8-9-36(47)56-40/h6-15,18-22H,16-17,23-24H2,1-5H3. The van der Waals surface area contributed by atoms with Crippen LogP contribution in [-0.2, 0) is 51.2 Å². The summed E-state index contributed by atoms with van der Waals surface area (Å²) in [4.78, 5) is 65.6. The number of hydrogen-bond acceptors (Lipinski definition) is 17. The van der Waals surface area contributed by atoms with Crippen LogP contribution >= 0.6 is 0 Å². The number of piperazine rings is 1. The first kappa shape index (κ1) is 39.3. The third kappa shape index (κ3) is 7.35. The van der Waals surface area contributed by atoms with E-state index < -0.39 is 35.7 Å². The molecule has 4 aromatic rings. The van der Waals surface area contributed by atoms with E-state index in [1.54, 1.807) is 60.9 Å². The number of hydrogen-bond donors (Lipinski definition) is 0. The minimum absolute atomic E-state index is 0.0281. The summed E-state index contributed by atoms with van der Waals surface area (Å²) >= 11 is 0. The van der Waals surface area contributed by atoms with Crippen LogP contribution in [-0.4, -0.2) is 104 Å². The molecule has 58 heavy (non-hydrogen) atoms. The van der Waals surface area contributed by atoms with Crippen LogP contribution in [0, 0.1) is 0 Å². The molecule has 7 rings (SSSR count). The average molecular weight is 795 g/mol. The first-order valence-electron chi connectivity index (χ1n) is 17.8. The molecule has 17 nitrogen and oxygen atoms in total. The van der Waals surface area contributed by atoms with Crippen molar-refractivity contribution in [2.45, 2.75) is 24.9 Å². The summed E-state index contributed by atoms with van der Waals surface area (Å²) in [6, 6.07) is 15.7. The van der Waals surface area contributed by atoms with E-state index in [0.29, 0.717) is 62.4 Å². The molecule has 2 spiro atoms. The monoisotopic (exact) mass is 794 g/mol. The summed E-state index contributed by atoms with van der Waals surface area (Å²) in [7, 11) is 7.55. The molecule has 0 bridgehead atoms. The second kappa shape index (κ2) is 16.2. The van der Waals surface area contributed by atoms with E-state index in [9.17, 15) is 19.2 Å². The van der Waals surface area contributed by atoms with Crippen molar-refractivity contribution in [2.24, 2.45) is 0 Å². The highest BCUT2D eigenvalue weighted by molar-refractivity contribution is 5.95. The fourth-order valence-corrected chi connectivity index (χ4v) is 6.94. The first-order chi connectivity index (χ1) is 28.0. The number of pyridine rings is 2. The molecule has 0 unspecified atom stereocenters. The average Bonchev–Trinajstić information content (AvgIpc) is 3.50. The zero-order valence-electron chi connectivity index (χ0n) is 32.1. The van der Waals surface area contributed by atoms with Crippen LogP contribution in [0.4, 0.5) is 0 Å². The maximum absolute atomic E-state index is 13.4. The molecule has 0 saturated carbocycles. The predicted molar refractivity (Wildman–Crippen MR) is 201 cm³/mol. The Morgan fingerprint density at radius 3 is 1.34 bits per heavy atom. The molecule has 5 heterocycles. The normalized spacial score (nSPS) is 17.4. The Bertz CT molecular complexity index is 2260. The van der Waals surface area contributed by atoms with Gasteiger partial charge >= 0.3 is 35.7 Å². The van der Waals surface area contributed by atoms with Crippen LogP contribution in [0.1, 0.15) is 11.1 Å². The number of nitrogens with zero attached hydrogens (tertiary/aromatic N) is 4. The molecule has 0 aliphatic carbocycles. The lowest BCUT2D eigenvalue weighted by molar-refractivity contribution is -0.465. The third-order valence-corrected chi connectivity index (χ3v) is 9.57. The van der Waals surface area contributed by atoms with Crippen molar-refractivity contribution in [3.05, 3.63) is 102 Å². The van der Waals surface area contributed by atoms with Crippen molar-refractivity contribution in [3.63, 3.8) is 0 Å². The maximum Gasteiger partial charge on any atom is 0.420 e. The minimum atomic E-state index is -2.69.